The Bertz CT molecular complexity index is 1290. The first-order valence-electron chi connectivity index (χ1n) is 10.5. The highest BCUT2D eigenvalue weighted by atomic mass is 16.1. The lowest BCUT2D eigenvalue weighted by Gasteiger charge is -2.33. The molecule has 0 unspecified atom stereocenters. The van der Waals surface area contributed by atoms with Gasteiger partial charge >= 0.3 is 0 Å². The smallest absolute Gasteiger partial charge is 0.274 e. The van der Waals surface area contributed by atoms with E-state index in [1.54, 1.807) is 29.0 Å². The van der Waals surface area contributed by atoms with Gasteiger partial charge in [-0.05, 0) is 43.4 Å². The topological polar surface area (TPSA) is 105 Å². The van der Waals surface area contributed by atoms with Crippen LogP contribution in [0.15, 0.2) is 65.8 Å². The summed E-state index contributed by atoms with van der Waals surface area (Å²) in [4.78, 5) is 30.5. The number of hydrogen-bond acceptors (Lipinski definition) is 8. The van der Waals surface area contributed by atoms with Gasteiger partial charge in [0.25, 0.3) is 5.56 Å². The molecule has 0 spiro atoms. The molecule has 5 rings (SSSR count). The molecule has 0 atom stereocenters. The Balaban J connectivity index is 1.43. The second-order valence-electron chi connectivity index (χ2n) is 7.90. The molecule has 0 saturated carbocycles. The molecule has 1 aliphatic rings. The van der Waals surface area contributed by atoms with Gasteiger partial charge in [0.15, 0.2) is 0 Å². The van der Waals surface area contributed by atoms with Crippen LogP contribution in [0.4, 0.5) is 23.0 Å². The van der Waals surface area contributed by atoms with Gasteiger partial charge in [-0.3, -0.25) is 9.36 Å². The van der Waals surface area contributed by atoms with E-state index in [2.05, 4.69) is 43.2 Å². The van der Waals surface area contributed by atoms with Gasteiger partial charge in [0.1, 0.15) is 17.2 Å². The summed E-state index contributed by atoms with van der Waals surface area (Å²) in [6.07, 6.45) is 4.82. The van der Waals surface area contributed by atoms with Crippen LogP contribution in [0.1, 0.15) is 0 Å². The van der Waals surface area contributed by atoms with Crippen molar-refractivity contribution >= 4 is 34.0 Å². The lowest BCUT2D eigenvalue weighted by atomic mass is 10.2. The van der Waals surface area contributed by atoms with Crippen molar-refractivity contribution in [1.82, 2.24) is 24.4 Å². The van der Waals surface area contributed by atoms with E-state index in [9.17, 15) is 4.79 Å². The minimum Gasteiger partial charge on any atom is -0.399 e. The lowest BCUT2D eigenvalue weighted by Crippen LogP contribution is -2.44. The Morgan fingerprint density at radius 3 is 2.28 bits per heavy atom. The molecule has 9 heteroatoms. The van der Waals surface area contributed by atoms with Crippen LogP contribution in [0.3, 0.4) is 0 Å². The van der Waals surface area contributed by atoms with Crippen LogP contribution in [0.5, 0.6) is 0 Å². The Hall–Kier alpha value is -3.98. The number of nitrogens with two attached hydrogens (primary N) is 1. The predicted octanol–water partition coefficient (Wildman–Crippen LogP) is 2.25. The Morgan fingerprint density at radius 2 is 1.56 bits per heavy atom. The molecule has 9 nitrogen and oxygen atoms in total. The van der Waals surface area contributed by atoms with Crippen molar-refractivity contribution in [2.24, 2.45) is 0 Å². The number of aromatic nitrogens is 4. The zero-order valence-electron chi connectivity index (χ0n) is 17.8. The van der Waals surface area contributed by atoms with Crippen LogP contribution in [0.2, 0.25) is 0 Å². The van der Waals surface area contributed by atoms with Gasteiger partial charge in [0.05, 0.1) is 29.8 Å². The quantitative estimate of drug-likeness (QED) is 0.477. The zero-order chi connectivity index (χ0) is 22.1. The Labute approximate surface area is 185 Å². The summed E-state index contributed by atoms with van der Waals surface area (Å²) in [5.41, 5.74) is 9.29. The van der Waals surface area contributed by atoms with E-state index >= 15 is 0 Å². The minimum atomic E-state index is -0.228. The molecule has 3 aromatic heterocycles. The molecule has 0 aliphatic carbocycles. The highest BCUT2D eigenvalue weighted by Crippen LogP contribution is 2.22. The van der Waals surface area contributed by atoms with Gasteiger partial charge in [-0.15, -0.1) is 0 Å². The number of likely N-dealkylation sites (N-methyl/N-ethyl adjacent to an activating group) is 1. The average Bonchev–Trinajstić information content (AvgIpc) is 2.81. The third-order valence-electron chi connectivity index (χ3n) is 5.66. The molecule has 3 N–H and O–H groups in total. The van der Waals surface area contributed by atoms with Crippen LogP contribution in [-0.2, 0) is 0 Å². The highest BCUT2D eigenvalue weighted by molar-refractivity contribution is 5.79. The number of pyridine rings is 2. The molecule has 0 amide bonds. The number of nitrogen functional groups attached to an aromatic ring is 1. The molecular formula is C23H24N8O. The first-order valence-corrected chi connectivity index (χ1v) is 10.5. The first kappa shape index (κ1) is 20.0. The summed E-state index contributed by atoms with van der Waals surface area (Å²) in [6.45, 7) is 4.08. The van der Waals surface area contributed by atoms with Crippen molar-refractivity contribution in [1.29, 1.82) is 0 Å². The number of anilines is 4. The second-order valence-corrected chi connectivity index (χ2v) is 7.90. The third-order valence-corrected chi connectivity index (χ3v) is 5.66. The van der Waals surface area contributed by atoms with Gasteiger partial charge in [-0.2, -0.15) is 0 Å². The Kier molecular flexibility index (Phi) is 5.16. The van der Waals surface area contributed by atoms with Crippen LogP contribution >= 0.6 is 0 Å². The summed E-state index contributed by atoms with van der Waals surface area (Å²) in [5.74, 6) is 1.26. The molecule has 1 saturated heterocycles. The van der Waals surface area contributed by atoms with Crippen molar-refractivity contribution in [2.45, 2.75) is 0 Å². The number of piperazine rings is 1. The number of fused-ring (bicyclic) bond motifs is 1. The molecule has 1 aromatic carbocycles. The standard InChI is InChI=1S/C23H24N8O/c1-29-8-10-30(11-9-29)18-6-7-21(26-13-18)28-22-12-20-19(14-27-22)25-15-23(32)31(20)17-4-2-16(24)3-5-17/h2-7,12-15H,8-11,24H2,1H3,(H,26,27,28). The van der Waals surface area contributed by atoms with Gasteiger partial charge in [-0.1, -0.05) is 0 Å². The summed E-state index contributed by atoms with van der Waals surface area (Å²) >= 11 is 0. The predicted molar refractivity (Wildman–Crippen MR) is 127 cm³/mol. The largest absolute Gasteiger partial charge is 0.399 e. The number of nitrogens with zero attached hydrogens (tertiary/aromatic N) is 6. The Morgan fingerprint density at radius 1 is 0.844 bits per heavy atom. The normalized spacial score (nSPS) is 14.6. The van der Waals surface area contributed by atoms with Crippen molar-refractivity contribution < 1.29 is 0 Å². The lowest BCUT2D eigenvalue weighted by molar-refractivity contribution is 0.313. The van der Waals surface area contributed by atoms with E-state index in [1.807, 2.05) is 24.4 Å². The number of rotatable bonds is 4. The molecule has 4 aromatic rings. The van der Waals surface area contributed by atoms with Crippen LogP contribution in [0, 0.1) is 0 Å². The SMILES string of the molecule is CN1CCN(c2ccc(Nc3cc4c(cn3)ncc(=O)n4-c3ccc(N)cc3)nc2)CC1. The van der Waals surface area contributed by atoms with Crippen molar-refractivity contribution in [3.8, 4) is 5.69 Å². The number of benzene rings is 1. The fourth-order valence-electron chi connectivity index (χ4n) is 3.82. The highest BCUT2D eigenvalue weighted by Gasteiger charge is 2.14. The van der Waals surface area contributed by atoms with Crippen molar-refractivity contribution in [3.63, 3.8) is 0 Å². The summed E-state index contributed by atoms with van der Waals surface area (Å²) in [7, 11) is 2.14. The molecule has 1 fully saturated rings. The molecular weight excluding hydrogens is 404 g/mol. The fraction of sp³-hybridized carbons (Fsp3) is 0.217. The van der Waals surface area contributed by atoms with E-state index in [0.717, 1.165) is 31.9 Å². The molecule has 162 valence electrons. The van der Waals surface area contributed by atoms with E-state index in [1.165, 1.54) is 6.20 Å². The molecule has 0 bridgehead atoms. The monoisotopic (exact) mass is 428 g/mol. The van der Waals surface area contributed by atoms with E-state index in [-0.39, 0.29) is 5.56 Å². The maximum atomic E-state index is 12.6. The molecule has 32 heavy (non-hydrogen) atoms. The number of hydrogen-bond donors (Lipinski definition) is 2. The van der Waals surface area contributed by atoms with Crippen molar-refractivity contribution in [2.75, 3.05) is 49.2 Å². The van der Waals surface area contributed by atoms with Crippen LogP contribution < -0.4 is 21.5 Å². The molecule has 0 radical (unpaired) electrons. The van der Waals surface area contributed by atoms with Gasteiger partial charge in [-0.25, -0.2) is 15.0 Å². The fourth-order valence-corrected chi connectivity index (χ4v) is 3.82. The zero-order valence-corrected chi connectivity index (χ0v) is 17.8. The molecule has 4 heterocycles. The maximum Gasteiger partial charge on any atom is 0.274 e. The molecule has 1 aliphatic heterocycles. The first-order chi connectivity index (χ1) is 15.6. The van der Waals surface area contributed by atoms with Gasteiger partial charge < -0.3 is 20.9 Å². The minimum absolute atomic E-state index is 0.228. The van der Waals surface area contributed by atoms with Crippen LogP contribution in [0.25, 0.3) is 16.7 Å². The summed E-state index contributed by atoms with van der Waals surface area (Å²) in [5, 5.41) is 3.23. The van der Waals surface area contributed by atoms with Crippen LogP contribution in [-0.4, -0.2) is 57.6 Å². The van der Waals surface area contributed by atoms with E-state index < -0.39 is 0 Å². The van der Waals surface area contributed by atoms with E-state index in [0.29, 0.717) is 34.0 Å². The summed E-state index contributed by atoms with van der Waals surface area (Å²) < 4.78 is 1.60. The third kappa shape index (κ3) is 3.97. The average molecular weight is 429 g/mol. The number of nitrogens with one attached hydrogen (secondary N) is 1. The van der Waals surface area contributed by atoms with Gasteiger partial charge in [0.2, 0.25) is 0 Å². The van der Waals surface area contributed by atoms with E-state index in [4.69, 9.17) is 5.73 Å². The van der Waals surface area contributed by atoms with Gasteiger partial charge in [0, 0.05) is 43.6 Å². The summed E-state index contributed by atoms with van der Waals surface area (Å²) in [6, 6.07) is 12.9. The maximum absolute atomic E-state index is 12.6. The second kappa shape index (κ2) is 8.27. The van der Waals surface area contributed by atoms with Crippen molar-refractivity contribution in [3.05, 3.63) is 71.4 Å².